The molecular weight excluding hydrogens is 192 g/mol. The van der Waals surface area contributed by atoms with Crippen molar-refractivity contribution in [3.63, 3.8) is 0 Å². The number of benzene rings is 1. The molecule has 0 aliphatic rings. The SMILES string of the molecule is NCCC(O)c1c[nH]c2cccc(O)c12. The third-order valence-corrected chi connectivity index (χ3v) is 2.51. The zero-order chi connectivity index (χ0) is 10.8. The average molecular weight is 206 g/mol. The van der Waals surface area contributed by atoms with E-state index in [1.165, 1.54) is 0 Å². The van der Waals surface area contributed by atoms with E-state index in [4.69, 9.17) is 5.73 Å². The van der Waals surface area contributed by atoms with Crippen LogP contribution in [0, 0.1) is 0 Å². The van der Waals surface area contributed by atoms with Crippen molar-refractivity contribution in [2.24, 2.45) is 5.73 Å². The maximum Gasteiger partial charge on any atom is 0.125 e. The molecule has 0 saturated heterocycles. The Morgan fingerprint density at radius 3 is 2.93 bits per heavy atom. The summed E-state index contributed by atoms with van der Waals surface area (Å²) in [5.74, 6) is 0.180. The van der Waals surface area contributed by atoms with Crippen molar-refractivity contribution in [1.29, 1.82) is 0 Å². The highest BCUT2D eigenvalue weighted by molar-refractivity contribution is 5.89. The molecule has 4 heteroatoms. The number of H-pyrrole nitrogens is 1. The fraction of sp³-hybridized carbons (Fsp3) is 0.273. The van der Waals surface area contributed by atoms with Crippen LogP contribution in [-0.2, 0) is 0 Å². The Kier molecular flexibility index (Phi) is 2.62. The van der Waals surface area contributed by atoms with Crippen molar-refractivity contribution < 1.29 is 10.2 Å². The molecule has 2 rings (SSSR count). The number of hydrogen-bond acceptors (Lipinski definition) is 3. The maximum absolute atomic E-state index is 9.82. The molecule has 0 radical (unpaired) electrons. The molecule has 80 valence electrons. The van der Waals surface area contributed by atoms with Gasteiger partial charge in [0, 0.05) is 22.7 Å². The lowest BCUT2D eigenvalue weighted by Gasteiger charge is -2.08. The van der Waals surface area contributed by atoms with E-state index in [-0.39, 0.29) is 5.75 Å². The standard InChI is InChI=1S/C11H14N2O2/c12-5-4-9(14)7-6-13-8-2-1-3-10(15)11(7)8/h1-3,6,9,13-15H,4-5,12H2. The van der Waals surface area contributed by atoms with Crippen LogP contribution in [0.3, 0.4) is 0 Å². The smallest absolute Gasteiger partial charge is 0.125 e. The minimum atomic E-state index is -0.628. The van der Waals surface area contributed by atoms with Crippen LogP contribution >= 0.6 is 0 Å². The van der Waals surface area contributed by atoms with Gasteiger partial charge in [-0.05, 0) is 25.1 Å². The van der Waals surface area contributed by atoms with Crippen molar-refractivity contribution in [3.8, 4) is 5.75 Å². The van der Waals surface area contributed by atoms with Crippen LogP contribution in [0.5, 0.6) is 5.75 Å². The van der Waals surface area contributed by atoms with E-state index < -0.39 is 6.10 Å². The average Bonchev–Trinajstić information content (AvgIpc) is 2.63. The topological polar surface area (TPSA) is 82.3 Å². The second-order valence-electron chi connectivity index (χ2n) is 3.54. The predicted molar refractivity (Wildman–Crippen MR) is 58.6 cm³/mol. The molecule has 1 aromatic carbocycles. The molecule has 5 N–H and O–H groups in total. The molecule has 0 amide bonds. The Labute approximate surface area is 87.3 Å². The molecule has 0 spiro atoms. The van der Waals surface area contributed by atoms with Gasteiger partial charge in [0.1, 0.15) is 5.75 Å². The number of aromatic nitrogens is 1. The Balaban J connectivity index is 2.52. The number of phenols is 1. The number of aliphatic hydroxyl groups is 1. The van der Waals surface area contributed by atoms with Crippen molar-refractivity contribution in [3.05, 3.63) is 30.0 Å². The fourth-order valence-corrected chi connectivity index (χ4v) is 1.77. The molecule has 0 aliphatic carbocycles. The highest BCUT2D eigenvalue weighted by Gasteiger charge is 2.14. The second-order valence-corrected chi connectivity index (χ2v) is 3.54. The first-order chi connectivity index (χ1) is 7.24. The molecule has 0 fully saturated rings. The third-order valence-electron chi connectivity index (χ3n) is 2.51. The van der Waals surface area contributed by atoms with Gasteiger partial charge < -0.3 is 20.9 Å². The first-order valence-electron chi connectivity index (χ1n) is 4.91. The number of nitrogens with one attached hydrogen (secondary N) is 1. The second kappa shape index (κ2) is 3.92. The highest BCUT2D eigenvalue weighted by atomic mass is 16.3. The van der Waals surface area contributed by atoms with Gasteiger partial charge >= 0.3 is 0 Å². The minimum absolute atomic E-state index is 0.180. The van der Waals surface area contributed by atoms with Gasteiger partial charge in [0.15, 0.2) is 0 Å². The Bertz CT molecular complexity index is 465. The van der Waals surface area contributed by atoms with Crippen LogP contribution in [0.4, 0.5) is 0 Å². The monoisotopic (exact) mass is 206 g/mol. The van der Waals surface area contributed by atoms with Gasteiger partial charge in [-0.1, -0.05) is 6.07 Å². The van der Waals surface area contributed by atoms with Gasteiger partial charge in [-0.3, -0.25) is 0 Å². The zero-order valence-corrected chi connectivity index (χ0v) is 8.27. The number of aromatic amines is 1. The minimum Gasteiger partial charge on any atom is -0.507 e. The molecule has 0 bridgehead atoms. The Hall–Kier alpha value is -1.52. The predicted octanol–water partition coefficient (Wildman–Crippen LogP) is 1.26. The van der Waals surface area contributed by atoms with E-state index >= 15 is 0 Å². The number of phenolic OH excluding ortho intramolecular Hbond substituents is 1. The largest absolute Gasteiger partial charge is 0.507 e. The van der Waals surface area contributed by atoms with Crippen LogP contribution in [0.25, 0.3) is 10.9 Å². The molecule has 0 saturated carbocycles. The molecule has 4 nitrogen and oxygen atoms in total. The van der Waals surface area contributed by atoms with Crippen LogP contribution < -0.4 is 5.73 Å². The number of nitrogens with two attached hydrogens (primary N) is 1. The van der Waals surface area contributed by atoms with Crippen molar-refractivity contribution in [2.75, 3.05) is 6.54 Å². The fourth-order valence-electron chi connectivity index (χ4n) is 1.77. The lowest BCUT2D eigenvalue weighted by molar-refractivity contribution is 0.171. The first kappa shape index (κ1) is 10.0. The highest BCUT2D eigenvalue weighted by Crippen LogP contribution is 2.32. The molecule has 1 heterocycles. The van der Waals surface area contributed by atoms with E-state index in [0.29, 0.717) is 23.9 Å². The number of hydrogen-bond donors (Lipinski definition) is 4. The van der Waals surface area contributed by atoms with E-state index in [9.17, 15) is 10.2 Å². The molecule has 1 aromatic heterocycles. The van der Waals surface area contributed by atoms with Crippen LogP contribution in [0.2, 0.25) is 0 Å². The molecule has 0 aliphatic heterocycles. The molecule has 1 unspecified atom stereocenters. The summed E-state index contributed by atoms with van der Waals surface area (Å²) in [6.45, 7) is 0.418. The first-order valence-corrected chi connectivity index (χ1v) is 4.91. The van der Waals surface area contributed by atoms with Crippen molar-refractivity contribution in [2.45, 2.75) is 12.5 Å². The maximum atomic E-state index is 9.82. The summed E-state index contributed by atoms with van der Waals surface area (Å²) in [6.07, 6.45) is 1.57. The van der Waals surface area contributed by atoms with Crippen LogP contribution in [0.15, 0.2) is 24.4 Å². The van der Waals surface area contributed by atoms with Gasteiger partial charge in [0.2, 0.25) is 0 Å². The molecule has 1 atom stereocenters. The number of fused-ring (bicyclic) bond motifs is 1. The van der Waals surface area contributed by atoms with E-state index in [1.54, 1.807) is 18.3 Å². The summed E-state index contributed by atoms with van der Waals surface area (Å²) < 4.78 is 0. The lowest BCUT2D eigenvalue weighted by Crippen LogP contribution is -2.06. The molecule has 2 aromatic rings. The number of aromatic hydroxyl groups is 1. The lowest BCUT2D eigenvalue weighted by atomic mass is 10.1. The normalized spacial score (nSPS) is 13.2. The summed E-state index contributed by atoms with van der Waals surface area (Å²) >= 11 is 0. The molecule has 15 heavy (non-hydrogen) atoms. The third kappa shape index (κ3) is 1.69. The van der Waals surface area contributed by atoms with Gasteiger partial charge in [0.05, 0.1) is 6.10 Å². The summed E-state index contributed by atoms with van der Waals surface area (Å²) in [5.41, 5.74) is 6.91. The van der Waals surface area contributed by atoms with Gasteiger partial charge in [0.25, 0.3) is 0 Å². The Morgan fingerprint density at radius 1 is 1.40 bits per heavy atom. The molecular formula is C11H14N2O2. The van der Waals surface area contributed by atoms with E-state index in [0.717, 1.165) is 5.52 Å². The van der Waals surface area contributed by atoms with Crippen LogP contribution in [-0.4, -0.2) is 21.7 Å². The van der Waals surface area contributed by atoms with Gasteiger partial charge in [-0.2, -0.15) is 0 Å². The quantitative estimate of drug-likeness (QED) is 0.610. The summed E-state index contributed by atoms with van der Waals surface area (Å²) in [4.78, 5) is 3.01. The van der Waals surface area contributed by atoms with Gasteiger partial charge in [-0.15, -0.1) is 0 Å². The van der Waals surface area contributed by atoms with Crippen molar-refractivity contribution >= 4 is 10.9 Å². The van der Waals surface area contributed by atoms with E-state index in [1.807, 2.05) is 6.07 Å². The van der Waals surface area contributed by atoms with Gasteiger partial charge in [-0.25, -0.2) is 0 Å². The van der Waals surface area contributed by atoms with Crippen LogP contribution in [0.1, 0.15) is 18.1 Å². The zero-order valence-electron chi connectivity index (χ0n) is 8.27. The number of rotatable bonds is 3. The Morgan fingerprint density at radius 2 is 2.20 bits per heavy atom. The summed E-state index contributed by atoms with van der Waals surface area (Å²) in [7, 11) is 0. The van der Waals surface area contributed by atoms with E-state index in [2.05, 4.69) is 4.98 Å². The summed E-state index contributed by atoms with van der Waals surface area (Å²) in [5, 5.41) is 20.2. The number of aliphatic hydroxyl groups excluding tert-OH is 1. The summed E-state index contributed by atoms with van der Waals surface area (Å²) in [6, 6.07) is 5.22. The van der Waals surface area contributed by atoms with Crippen molar-refractivity contribution in [1.82, 2.24) is 4.98 Å².